The van der Waals surface area contributed by atoms with Crippen molar-refractivity contribution in [2.24, 2.45) is 0 Å². The van der Waals surface area contributed by atoms with Crippen molar-refractivity contribution in [3.63, 3.8) is 0 Å². The smallest absolute Gasteiger partial charge is 0.229 e. The van der Waals surface area contributed by atoms with Crippen molar-refractivity contribution in [2.75, 3.05) is 36.5 Å². The van der Waals surface area contributed by atoms with Crippen LogP contribution in [-0.4, -0.2) is 52.3 Å². The van der Waals surface area contributed by atoms with E-state index in [0.717, 1.165) is 42.0 Å². The van der Waals surface area contributed by atoms with Gasteiger partial charge in [0, 0.05) is 48.8 Å². The molecule has 3 aromatic rings. The molecule has 0 amide bonds. The molecule has 0 radical (unpaired) electrons. The summed E-state index contributed by atoms with van der Waals surface area (Å²) in [6.07, 6.45) is 3.64. The molecule has 124 valence electrons. The van der Waals surface area contributed by atoms with Crippen molar-refractivity contribution in [3.05, 3.63) is 42.7 Å². The molecule has 3 heterocycles. The van der Waals surface area contributed by atoms with Crippen LogP contribution in [0.4, 0.5) is 17.3 Å². The van der Waals surface area contributed by atoms with E-state index in [9.17, 15) is 5.11 Å². The lowest BCUT2D eigenvalue weighted by atomic mass is 10.1. The number of aliphatic hydroxyl groups is 1. The molecular weight excluding hydrogens is 304 g/mol. The van der Waals surface area contributed by atoms with Gasteiger partial charge in [-0.1, -0.05) is 0 Å². The highest BCUT2D eigenvalue weighted by Crippen LogP contribution is 2.22. The first-order valence-electron chi connectivity index (χ1n) is 8.09. The highest BCUT2D eigenvalue weighted by Gasteiger charge is 2.21. The average Bonchev–Trinajstić information content (AvgIpc) is 3.10. The summed E-state index contributed by atoms with van der Waals surface area (Å²) in [7, 11) is 0. The normalized spacial score (nSPS) is 18.0. The number of anilines is 3. The van der Waals surface area contributed by atoms with Gasteiger partial charge in [0.05, 0.1) is 12.6 Å². The first-order valence-corrected chi connectivity index (χ1v) is 8.09. The SMILES string of the molecule is OC[C@H]1CNCCN1c1ccc(Nc2ncc3cc[nH]c3n2)cc1. The number of piperazine rings is 1. The summed E-state index contributed by atoms with van der Waals surface area (Å²) in [5.41, 5.74) is 2.86. The number of rotatable bonds is 4. The average molecular weight is 324 g/mol. The number of aromatic nitrogens is 3. The summed E-state index contributed by atoms with van der Waals surface area (Å²) in [5.74, 6) is 0.563. The van der Waals surface area contributed by atoms with Crippen molar-refractivity contribution >= 4 is 28.4 Å². The number of fused-ring (bicyclic) bond motifs is 1. The van der Waals surface area contributed by atoms with Gasteiger partial charge in [-0.15, -0.1) is 0 Å². The van der Waals surface area contributed by atoms with E-state index in [-0.39, 0.29) is 12.6 Å². The second kappa shape index (κ2) is 6.46. The molecule has 1 saturated heterocycles. The Kier molecular flexibility index (Phi) is 4.02. The maximum Gasteiger partial charge on any atom is 0.229 e. The number of hydrogen-bond acceptors (Lipinski definition) is 6. The molecule has 0 bridgehead atoms. The van der Waals surface area contributed by atoms with Crippen molar-refractivity contribution in [1.29, 1.82) is 0 Å². The zero-order valence-electron chi connectivity index (χ0n) is 13.2. The number of aromatic amines is 1. The number of nitrogens with one attached hydrogen (secondary N) is 3. The Morgan fingerprint density at radius 1 is 1.25 bits per heavy atom. The molecule has 4 N–H and O–H groups in total. The third-order valence-electron chi connectivity index (χ3n) is 4.32. The van der Waals surface area contributed by atoms with Crippen LogP contribution < -0.4 is 15.5 Å². The summed E-state index contributed by atoms with van der Waals surface area (Å²) in [5, 5.41) is 17.0. The Hall–Kier alpha value is -2.64. The molecule has 0 spiro atoms. The number of nitrogens with zero attached hydrogens (tertiary/aromatic N) is 3. The van der Waals surface area contributed by atoms with Crippen LogP contribution in [0, 0.1) is 0 Å². The molecule has 7 nitrogen and oxygen atoms in total. The van der Waals surface area contributed by atoms with Gasteiger partial charge in [-0.05, 0) is 30.3 Å². The largest absolute Gasteiger partial charge is 0.394 e. The van der Waals surface area contributed by atoms with Crippen LogP contribution in [0.5, 0.6) is 0 Å². The lowest BCUT2D eigenvalue weighted by Crippen LogP contribution is -2.53. The second-order valence-corrected chi connectivity index (χ2v) is 5.88. The van der Waals surface area contributed by atoms with E-state index in [1.165, 1.54) is 0 Å². The minimum Gasteiger partial charge on any atom is -0.394 e. The fourth-order valence-corrected chi connectivity index (χ4v) is 3.03. The van der Waals surface area contributed by atoms with E-state index in [1.54, 1.807) is 6.20 Å². The molecule has 2 aromatic heterocycles. The molecule has 1 aliphatic heterocycles. The minimum absolute atomic E-state index is 0.121. The van der Waals surface area contributed by atoms with E-state index in [2.05, 4.69) is 42.6 Å². The molecule has 1 fully saturated rings. The molecule has 1 aliphatic rings. The first-order chi connectivity index (χ1) is 11.8. The lowest BCUT2D eigenvalue weighted by molar-refractivity contribution is 0.246. The third kappa shape index (κ3) is 2.91. The Balaban J connectivity index is 1.50. The monoisotopic (exact) mass is 324 g/mol. The molecule has 0 unspecified atom stereocenters. The van der Waals surface area contributed by atoms with Crippen molar-refractivity contribution in [2.45, 2.75) is 6.04 Å². The number of aliphatic hydroxyl groups excluding tert-OH is 1. The maximum atomic E-state index is 9.53. The van der Waals surface area contributed by atoms with Crippen molar-refractivity contribution in [1.82, 2.24) is 20.3 Å². The van der Waals surface area contributed by atoms with Gasteiger partial charge in [0.25, 0.3) is 0 Å². The van der Waals surface area contributed by atoms with Gasteiger partial charge in [-0.2, -0.15) is 4.98 Å². The van der Waals surface area contributed by atoms with Gasteiger partial charge in [0.2, 0.25) is 5.95 Å². The third-order valence-corrected chi connectivity index (χ3v) is 4.32. The first kappa shape index (κ1) is 14.9. The highest BCUT2D eigenvalue weighted by molar-refractivity contribution is 5.75. The van der Waals surface area contributed by atoms with E-state index in [0.29, 0.717) is 5.95 Å². The summed E-state index contributed by atoms with van der Waals surface area (Å²) in [6.45, 7) is 2.78. The summed E-state index contributed by atoms with van der Waals surface area (Å²) >= 11 is 0. The van der Waals surface area contributed by atoms with Crippen LogP contribution in [0.3, 0.4) is 0 Å². The van der Waals surface area contributed by atoms with Crippen molar-refractivity contribution < 1.29 is 5.11 Å². The van der Waals surface area contributed by atoms with E-state index in [1.807, 2.05) is 24.4 Å². The molecule has 0 aliphatic carbocycles. The molecule has 1 aromatic carbocycles. The van der Waals surface area contributed by atoms with E-state index in [4.69, 9.17) is 0 Å². The topological polar surface area (TPSA) is 89.1 Å². The minimum atomic E-state index is 0.121. The van der Waals surface area contributed by atoms with Crippen LogP contribution in [0.15, 0.2) is 42.7 Å². The van der Waals surface area contributed by atoms with Crippen LogP contribution in [0.2, 0.25) is 0 Å². The number of hydrogen-bond donors (Lipinski definition) is 4. The molecular formula is C17H20N6O. The highest BCUT2D eigenvalue weighted by atomic mass is 16.3. The number of H-pyrrole nitrogens is 1. The fourth-order valence-electron chi connectivity index (χ4n) is 3.03. The molecule has 1 atom stereocenters. The standard InChI is InChI=1S/C17H20N6O/c24-11-15-10-18-7-8-23(15)14-3-1-13(2-4-14)21-17-20-9-12-5-6-19-16(12)22-17/h1-6,9,15,18,24H,7-8,10-11H2,(H2,19,20,21,22)/t15-/m1/s1. The summed E-state index contributed by atoms with van der Waals surface area (Å²) < 4.78 is 0. The fraction of sp³-hybridized carbons (Fsp3) is 0.294. The van der Waals surface area contributed by atoms with Gasteiger partial charge in [0.15, 0.2) is 0 Å². The predicted molar refractivity (Wildman–Crippen MR) is 94.7 cm³/mol. The van der Waals surface area contributed by atoms with Crippen LogP contribution >= 0.6 is 0 Å². The van der Waals surface area contributed by atoms with Gasteiger partial charge in [-0.3, -0.25) is 0 Å². The maximum absolute atomic E-state index is 9.53. The Morgan fingerprint density at radius 3 is 2.96 bits per heavy atom. The number of benzene rings is 1. The molecule has 4 rings (SSSR count). The van der Waals surface area contributed by atoms with Gasteiger partial charge in [-0.25, -0.2) is 4.98 Å². The van der Waals surface area contributed by atoms with E-state index < -0.39 is 0 Å². The molecule has 7 heteroatoms. The van der Waals surface area contributed by atoms with Crippen molar-refractivity contribution in [3.8, 4) is 0 Å². The summed E-state index contributed by atoms with van der Waals surface area (Å²) in [6, 6.07) is 10.2. The molecule has 0 saturated carbocycles. The van der Waals surface area contributed by atoms with Crippen LogP contribution in [0.1, 0.15) is 0 Å². The molecule has 24 heavy (non-hydrogen) atoms. The quantitative estimate of drug-likeness (QED) is 0.581. The van der Waals surface area contributed by atoms with Crippen LogP contribution in [0.25, 0.3) is 11.0 Å². The summed E-state index contributed by atoms with van der Waals surface area (Å²) in [4.78, 5) is 14.1. The zero-order chi connectivity index (χ0) is 16.4. The van der Waals surface area contributed by atoms with Crippen LogP contribution in [-0.2, 0) is 0 Å². The van der Waals surface area contributed by atoms with E-state index >= 15 is 0 Å². The predicted octanol–water partition coefficient (Wildman–Crippen LogP) is 1.47. The van der Waals surface area contributed by atoms with Gasteiger partial charge in [0.1, 0.15) is 5.65 Å². The lowest BCUT2D eigenvalue weighted by Gasteiger charge is -2.37. The van der Waals surface area contributed by atoms with Gasteiger partial charge >= 0.3 is 0 Å². The van der Waals surface area contributed by atoms with Gasteiger partial charge < -0.3 is 25.6 Å². The Morgan fingerprint density at radius 2 is 2.12 bits per heavy atom. The second-order valence-electron chi connectivity index (χ2n) is 5.88. The Bertz CT molecular complexity index is 815. The Labute approximate surface area is 139 Å². The zero-order valence-corrected chi connectivity index (χ0v) is 13.2.